The van der Waals surface area contributed by atoms with Crippen LogP contribution < -0.4 is 10.2 Å². The molecule has 1 aromatic heterocycles. The molecule has 2 amide bonds. The Morgan fingerprint density at radius 1 is 1.12 bits per heavy atom. The number of nitrogens with zero attached hydrogens (tertiary/aromatic N) is 4. The van der Waals surface area contributed by atoms with Gasteiger partial charge in [0.2, 0.25) is 0 Å². The van der Waals surface area contributed by atoms with Crippen molar-refractivity contribution >= 4 is 17.5 Å². The first-order valence-electron chi connectivity index (χ1n) is 8.48. The number of Topliss-reactive ketones (excluding diaryl/α,β-unsaturated/α-hetero) is 1. The maximum absolute atomic E-state index is 12.2. The molecule has 0 aliphatic carbocycles. The number of nitrogens with one attached hydrogen (secondary N) is 1. The molecule has 1 aliphatic heterocycles. The highest BCUT2D eigenvalue weighted by Crippen LogP contribution is 2.17. The summed E-state index contributed by atoms with van der Waals surface area (Å²) in [6.07, 6.45) is 5.34. The monoisotopic (exact) mass is 341 g/mol. The van der Waals surface area contributed by atoms with Gasteiger partial charge in [0.25, 0.3) is 0 Å². The average Bonchev–Trinajstić information content (AvgIpc) is 3.15. The minimum Gasteiger partial charge on any atom is -0.368 e. The van der Waals surface area contributed by atoms with Crippen molar-refractivity contribution in [3.05, 3.63) is 48.5 Å². The number of rotatable bonds is 5. The van der Waals surface area contributed by atoms with Crippen LogP contribution in [-0.4, -0.2) is 59.0 Å². The van der Waals surface area contributed by atoms with Crippen LogP contribution in [0.5, 0.6) is 0 Å². The lowest BCUT2D eigenvalue weighted by atomic mass is 10.1. The molecule has 1 aliphatic rings. The van der Waals surface area contributed by atoms with Crippen LogP contribution in [0.15, 0.2) is 43.0 Å². The SMILES string of the molecule is CC(=O)c1ccc(N2CCN(C(=O)NCCn3ccnc3)CC2)cc1. The molecule has 0 atom stereocenters. The first-order valence-corrected chi connectivity index (χ1v) is 8.48. The van der Waals surface area contributed by atoms with Crippen molar-refractivity contribution in [3.8, 4) is 0 Å². The quantitative estimate of drug-likeness (QED) is 0.839. The molecule has 7 nitrogen and oxygen atoms in total. The van der Waals surface area contributed by atoms with E-state index in [0.29, 0.717) is 26.2 Å². The van der Waals surface area contributed by atoms with E-state index in [1.54, 1.807) is 19.4 Å². The fourth-order valence-corrected chi connectivity index (χ4v) is 2.90. The van der Waals surface area contributed by atoms with Crippen LogP contribution >= 0.6 is 0 Å². The van der Waals surface area contributed by atoms with Gasteiger partial charge in [0.05, 0.1) is 6.33 Å². The van der Waals surface area contributed by atoms with Gasteiger partial charge in [0, 0.05) is 62.9 Å². The zero-order chi connectivity index (χ0) is 17.6. The Kier molecular flexibility index (Phi) is 5.33. The lowest BCUT2D eigenvalue weighted by molar-refractivity contribution is 0.101. The number of imidazole rings is 1. The number of urea groups is 1. The molecular weight excluding hydrogens is 318 g/mol. The van der Waals surface area contributed by atoms with E-state index in [1.807, 2.05) is 39.9 Å². The first kappa shape index (κ1) is 17.0. The van der Waals surface area contributed by atoms with Gasteiger partial charge in [-0.25, -0.2) is 9.78 Å². The fourth-order valence-electron chi connectivity index (χ4n) is 2.90. The van der Waals surface area contributed by atoms with Gasteiger partial charge in [-0.2, -0.15) is 0 Å². The summed E-state index contributed by atoms with van der Waals surface area (Å²) in [5.74, 6) is 0.0729. The van der Waals surface area contributed by atoms with Gasteiger partial charge in [-0.05, 0) is 31.2 Å². The Morgan fingerprint density at radius 2 is 1.84 bits per heavy atom. The van der Waals surface area contributed by atoms with E-state index in [0.717, 1.165) is 24.3 Å². The van der Waals surface area contributed by atoms with E-state index in [2.05, 4.69) is 15.2 Å². The molecule has 1 fully saturated rings. The Labute approximate surface area is 147 Å². The first-order chi connectivity index (χ1) is 12.1. The predicted octanol–water partition coefficient (Wildman–Crippen LogP) is 1.62. The molecule has 2 aromatic rings. The Hall–Kier alpha value is -2.83. The van der Waals surface area contributed by atoms with Gasteiger partial charge in [0.1, 0.15) is 0 Å². The normalized spacial score (nSPS) is 14.4. The van der Waals surface area contributed by atoms with E-state index in [-0.39, 0.29) is 11.8 Å². The van der Waals surface area contributed by atoms with Crippen LogP contribution in [0.25, 0.3) is 0 Å². The summed E-state index contributed by atoms with van der Waals surface area (Å²) in [6.45, 7) is 5.81. The molecule has 3 rings (SSSR count). The van der Waals surface area contributed by atoms with Crippen molar-refractivity contribution in [1.29, 1.82) is 0 Å². The Bertz CT molecular complexity index is 704. The number of ketones is 1. The number of hydrogen-bond acceptors (Lipinski definition) is 4. The molecule has 25 heavy (non-hydrogen) atoms. The van der Waals surface area contributed by atoms with E-state index >= 15 is 0 Å². The second-order valence-electron chi connectivity index (χ2n) is 6.11. The number of benzene rings is 1. The van der Waals surface area contributed by atoms with Crippen LogP contribution in [0, 0.1) is 0 Å². The highest BCUT2D eigenvalue weighted by atomic mass is 16.2. The number of carbonyl (C=O) groups is 2. The van der Waals surface area contributed by atoms with Gasteiger partial charge in [-0.15, -0.1) is 0 Å². The van der Waals surface area contributed by atoms with Gasteiger partial charge in [-0.3, -0.25) is 4.79 Å². The van der Waals surface area contributed by atoms with Crippen LogP contribution in [0.1, 0.15) is 17.3 Å². The minimum atomic E-state index is -0.0216. The Balaban J connectivity index is 1.44. The van der Waals surface area contributed by atoms with Crippen molar-refractivity contribution in [2.24, 2.45) is 0 Å². The maximum Gasteiger partial charge on any atom is 0.317 e. The summed E-state index contributed by atoms with van der Waals surface area (Å²) in [5.41, 5.74) is 1.81. The maximum atomic E-state index is 12.2. The second kappa shape index (κ2) is 7.83. The molecule has 0 saturated carbocycles. The predicted molar refractivity (Wildman–Crippen MR) is 95.9 cm³/mol. The van der Waals surface area contributed by atoms with E-state index in [4.69, 9.17) is 0 Å². The molecule has 1 saturated heterocycles. The summed E-state index contributed by atoms with van der Waals surface area (Å²) in [4.78, 5) is 31.6. The molecule has 2 heterocycles. The lowest BCUT2D eigenvalue weighted by Gasteiger charge is -2.36. The number of piperazine rings is 1. The Morgan fingerprint density at radius 3 is 2.44 bits per heavy atom. The lowest BCUT2D eigenvalue weighted by Crippen LogP contribution is -2.52. The van der Waals surface area contributed by atoms with Gasteiger partial charge in [0.15, 0.2) is 5.78 Å². The van der Waals surface area contributed by atoms with Crippen LogP contribution in [0.4, 0.5) is 10.5 Å². The number of aromatic nitrogens is 2. The highest BCUT2D eigenvalue weighted by Gasteiger charge is 2.21. The van der Waals surface area contributed by atoms with Crippen molar-refractivity contribution in [2.75, 3.05) is 37.6 Å². The van der Waals surface area contributed by atoms with Crippen LogP contribution in [0.3, 0.4) is 0 Å². The van der Waals surface area contributed by atoms with Crippen LogP contribution in [0.2, 0.25) is 0 Å². The topological polar surface area (TPSA) is 70.5 Å². The molecule has 7 heteroatoms. The van der Waals surface area contributed by atoms with Gasteiger partial charge < -0.3 is 19.7 Å². The minimum absolute atomic E-state index is 0.0216. The summed E-state index contributed by atoms with van der Waals surface area (Å²) in [6, 6.07) is 7.63. The second-order valence-corrected chi connectivity index (χ2v) is 6.11. The fraction of sp³-hybridized carbons (Fsp3) is 0.389. The molecule has 1 N–H and O–H groups in total. The van der Waals surface area contributed by atoms with Crippen molar-refractivity contribution in [3.63, 3.8) is 0 Å². The number of hydrogen-bond donors (Lipinski definition) is 1. The highest BCUT2D eigenvalue weighted by molar-refractivity contribution is 5.94. The number of amides is 2. The standard InChI is InChI=1S/C18H23N5O2/c1-15(24)16-2-4-17(5-3-16)22-10-12-23(13-11-22)18(25)20-7-9-21-8-6-19-14-21/h2-6,8,14H,7,9-13H2,1H3,(H,20,25). The summed E-state index contributed by atoms with van der Waals surface area (Å²) >= 11 is 0. The molecule has 0 radical (unpaired) electrons. The summed E-state index contributed by atoms with van der Waals surface area (Å²) in [7, 11) is 0. The number of anilines is 1. The third-order valence-corrected chi connectivity index (χ3v) is 4.41. The van der Waals surface area contributed by atoms with Crippen molar-refractivity contribution in [2.45, 2.75) is 13.5 Å². The summed E-state index contributed by atoms with van der Waals surface area (Å²) in [5, 5.41) is 2.95. The molecule has 0 bridgehead atoms. The largest absolute Gasteiger partial charge is 0.368 e. The third-order valence-electron chi connectivity index (χ3n) is 4.41. The summed E-state index contributed by atoms with van der Waals surface area (Å²) < 4.78 is 1.93. The van der Waals surface area contributed by atoms with Gasteiger partial charge >= 0.3 is 6.03 Å². The van der Waals surface area contributed by atoms with Crippen molar-refractivity contribution < 1.29 is 9.59 Å². The average molecular weight is 341 g/mol. The van der Waals surface area contributed by atoms with Crippen molar-refractivity contribution in [1.82, 2.24) is 19.8 Å². The number of carbonyl (C=O) groups excluding carboxylic acids is 2. The molecule has 1 aromatic carbocycles. The smallest absolute Gasteiger partial charge is 0.317 e. The molecular formula is C18H23N5O2. The van der Waals surface area contributed by atoms with Gasteiger partial charge in [-0.1, -0.05) is 0 Å². The van der Waals surface area contributed by atoms with Crippen LogP contribution in [-0.2, 0) is 6.54 Å². The molecule has 132 valence electrons. The zero-order valence-electron chi connectivity index (χ0n) is 14.4. The van der Waals surface area contributed by atoms with E-state index in [1.165, 1.54) is 0 Å². The van der Waals surface area contributed by atoms with E-state index in [9.17, 15) is 9.59 Å². The molecule has 0 unspecified atom stereocenters. The zero-order valence-corrected chi connectivity index (χ0v) is 14.4. The third kappa shape index (κ3) is 4.37. The molecule has 0 spiro atoms. The van der Waals surface area contributed by atoms with E-state index < -0.39 is 0 Å².